The molecule has 0 radical (unpaired) electrons. The van der Waals surface area contributed by atoms with E-state index in [0.29, 0.717) is 5.11 Å². The number of nitrogens with two attached hydrogens (primary N) is 1. The van der Waals surface area contributed by atoms with Crippen LogP contribution in [-0.2, 0) is 4.74 Å². The number of nitrogens with zero attached hydrogens (tertiary/aromatic N) is 1. The van der Waals surface area contributed by atoms with Crippen LogP contribution in [-0.4, -0.2) is 42.9 Å². The summed E-state index contributed by atoms with van der Waals surface area (Å²) in [6, 6.07) is 0. The molecule has 17 heavy (non-hydrogen) atoms. The summed E-state index contributed by atoms with van der Waals surface area (Å²) in [4.78, 5) is 2.44. The Kier molecular flexibility index (Phi) is 4.53. The van der Waals surface area contributed by atoms with Crippen molar-refractivity contribution in [3.63, 3.8) is 0 Å². The van der Waals surface area contributed by atoms with Gasteiger partial charge in [-0.2, -0.15) is 0 Å². The van der Waals surface area contributed by atoms with Gasteiger partial charge >= 0.3 is 0 Å². The Morgan fingerprint density at radius 3 is 2.71 bits per heavy atom. The Labute approximate surface area is 107 Å². The lowest BCUT2D eigenvalue weighted by atomic mass is 10.0. The zero-order valence-corrected chi connectivity index (χ0v) is 10.8. The first-order chi connectivity index (χ1) is 8.24. The Bertz CT molecular complexity index is 346. The van der Waals surface area contributed by atoms with E-state index in [1.54, 1.807) is 0 Å². The molecule has 1 saturated heterocycles. The maximum Gasteiger partial charge on any atom is 0.167 e. The van der Waals surface area contributed by atoms with Gasteiger partial charge in [0.2, 0.25) is 0 Å². The van der Waals surface area contributed by atoms with Crippen molar-refractivity contribution in [1.82, 2.24) is 10.2 Å². The fraction of sp³-hybridized carbons (Fsp3) is 0.583. The van der Waals surface area contributed by atoms with Crippen LogP contribution in [0.5, 0.6) is 0 Å². The van der Waals surface area contributed by atoms with E-state index in [1.807, 2.05) is 0 Å². The second-order valence-corrected chi connectivity index (χ2v) is 4.83. The van der Waals surface area contributed by atoms with Gasteiger partial charge in [0.25, 0.3) is 0 Å². The predicted octanol–water partition coefficient (Wildman–Crippen LogP) is 0.756. The lowest BCUT2D eigenvalue weighted by Crippen LogP contribution is -2.37. The molecule has 4 nitrogen and oxygen atoms in total. The molecule has 0 saturated carbocycles. The first kappa shape index (κ1) is 12.5. The van der Waals surface area contributed by atoms with Crippen molar-refractivity contribution in [1.29, 1.82) is 0 Å². The molecule has 94 valence electrons. The molecule has 1 heterocycles. The van der Waals surface area contributed by atoms with Crippen molar-refractivity contribution in [2.75, 3.05) is 32.8 Å². The maximum atomic E-state index is 5.44. The van der Waals surface area contributed by atoms with E-state index in [9.17, 15) is 0 Å². The van der Waals surface area contributed by atoms with Crippen LogP contribution in [0.4, 0.5) is 0 Å². The maximum absolute atomic E-state index is 5.44. The van der Waals surface area contributed by atoms with Crippen molar-refractivity contribution < 1.29 is 4.74 Å². The van der Waals surface area contributed by atoms with Crippen molar-refractivity contribution in [2.24, 2.45) is 5.73 Å². The molecule has 0 atom stereocenters. The summed E-state index contributed by atoms with van der Waals surface area (Å²) in [6.45, 7) is 4.85. The third-order valence-electron chi connectivity index (χ3n) is 3.05. The molecule has 1 fully saturated rings. The van der Waals surface area contributed by atoms with Crippen LogP contribution in [0.15, 0.2) is 23.4 Å². The molecule has 0 aromatic carbocycles. The molecule has 0 bridgehead atoms. The van der Waals surface area contributed by atoms with E-state index >= 15 is 0 Å². The summed E-state index contributed by atoms with van der Waals surface area (Å²) < 4.78 is 5.34. The van der Waals surface area contributed by atoms with Crippen LogP contribution in [0.1, 0.15) is 12.8 Å². The molecule has 2 rings (SSSR count). The third-order valence-corrected chi connectivity index (χ3v) is 3.15. The summed E-state index contributed by atoms with van der Waals surface area (Å²) in [5.41, 5.74) is 8.03. The van der Waals surface area contributed by atoms with Crippen LogP contribution in [0, 0.1) is 0 Å². The van der Waals surface area contributed by atoms with E-state index in [1.165, 1.54) is 5.57 Å². The van der Waals surface area contributed by atoms with Crippen molar-refractivity contribution in [2.45, 2.75) is 12.8 Å². The minimum absolute atomic E-state index is 0.348. The molecule has 5 heteroatoms. The highest BCUT2D eigenvalue weighted by Crippen LogP contribution is 2.17. The van der Waals surface area contributed by atoms with Gasteiger partial charge in [-0.1, -0.05) is 11.6 Å². The van der Waals surface area contributed by atoms with Gasteiger partial charge in [-0.3, -0.25) is 4.90 Å². The van der Waals surface area contributed by atoms with Gasteiger partial charge < -0.3 is 15.8 Å². The number of rotatable bonds is 3. The Balaban J connectivity index is 1.84. The standard InChI is InChI=1S/C12H19N3OS/c13-12(17)14-11-3-1-10(2-4-11)9-15-5-7-16-8-6-15/h1,3H,2,4-9H2,(H3,13,14,17). The topological polar surface area (TPSA) is 50.5 Å². The number of hydrogen-bond acceptors (Lipinski definition) is 3. The van der Waals surface area contributed by atoms with Gasteiger partial charge in [0.15, 0.2) is 5.11 Å². The van der Waals surface area contributed by atoms with E-state index in [4.69, 9.17) is 22.7 Å². The van der Waals surface area contributed by atoms with E-state index in [2.05, 4.69) is 22.4 Å². The third kappa shape index (κ3) is 4.11. The zero-order valence-electron chi connectivity index (χ0n) is 9.95. The minimum Gasteiger partial charge on any atom is -0.379 e. The highest BCUT2D eigenvalue weighted by molar-refractivity contribution is 7.80. The molecule has 0 spiro atoms. The van der Waals surface area contributed by atoms with Gasteiger partial charge in [-0.25, -0.2) is 0 Å². The monoisotopic (exact) mass is 253 g/mol. The van der Waals surface area contributed by atoms with Crippen LogP contribution in [0.3, 0.4) is 0 Å². The largest absolute Gasteiger partial charge is 0.379 e. The van der Waals surface area contributed by atoms with E-state index in [-0.39, 0.29) is 0 Å². The molecule has 0 amide bonds. The average molecular weight is 253 g/mol. The Morgan fingerprint density at radius 1 is 1.35 bits per heavy atom. The van der Waals surface area contributed by atoms with Gasteiger partial charge in [0, 0.05) is 25.3 Å². The summed E-state index contributed by atoms with van der Waals surface area (Å²) >= 11 is 4.82. The smallest absolute Gasteiger partial charge is 0.167 e. The van der Waals surface area contributed by atoms with Crippen LogP contribution in [0.25, 0.3) is 0 Å². The number of ether oxygens (including phenoxy) is 1. The quantitative estimate of drug-likeness (QED) is 0.727. The summed E-state index contributed by atoms with van der Waals surface area (Å²) in [5.74, 6) is 0. The summed E-state index contributed by atoms with van der Waals surface area (Å²) in [7, 11) is 0. The van der Waals surface area contributed by atoms with Gasteiger partial charge in [0.1, 0.15) is 0 Å². The normalized spacial score (nSPS) is 21.6. The highest BCUT2D eigenvalue weighted by atomic mass is 32.1. The number of hydrogen-bond donors (Lipinski definition) is 2. The molecular formula is C12H19N3OS. The molecular weight excluding hydrogens is 234 g/mol. The second kappa shape index (κ2) is 6.14. The Morgan fingerprint density at radius 2 is 2.12 bits per heavy atom. The molecule has 1 aliphatic carbocycles. The van der Waals surface area contributed by atoms with Crippen LogP contribution in [0.2, 0.25) is 0 Å². The first-order valence-corrected chi connectivity index (χ1v) is 6.40. The number of morpholine rings is 1. The molecule has 3 N–H and O–H groups in total. The van der Waals surface area contributed by atoms with Gasteiger partial charge in [-0.15, -0.1) is 0 Å². The second-order valence-electron chi connectivity index (χ2n) is 4.39. The summed E-state index contributed by atoms with van der Waals surface area (Å²) in [5, 5.41) is 3.35. The molecule has 0 aromatic rings. The molecule has 2 aliphatic rings. The first-order valence-electron chi connectivity index (χ1n) is 5.99. The van der Waals surface area contributed by atoms with Crippen molar-refractivity contribution in [3.05, 3.63) is 23.4 Å². The lowest BCUT2D eigenvalue weighted by Gasteiger charge is -2.28. The Hall–Kier alpha value is -0.910. The molecule has 0 aromatic heterocycles. The lowest BCUT2D eigenvalue weighted by molar-refractivity contribution is 0.0419. The zero-order chi connectivity index (χ0) is 12.1. The molecule has 0 unspecified atom stereocenters. The van der Waals surface area contributed by atoms with Crippen molar-refractivity contribution >= 4 is 17.3 Å². The van der Waals surface area contributed by atoms with E-state index < -0.39 is 0 Å². The van der Waals surface area contributed by atoms with Crippen LogP contribution >= 0.6 is 12.2 Å². The van der Waals surface area contributed by atoms with Gasteiger partial charge in [0.05, 0.1) is 13.2 Å². The average Bonchev–Trinajstić information content (AvgIpc) is 2.32. The fourth-order valence-electron chi connectivity index (χ4n) is 2.12. The number of nitrogens with one attached hydrogen (secondary N) is 1. The number of allylic oxidation sites excluding steroid dienone is 3. The fourth-order valence-corrected chi connectivity index (χ4v) is 2.25. The van der Waals surface area contributed by atoms with Gasteiger partial charge in [-0.05, 0) is 31.1 Å². The minimum atomic E-state index is 0.348. The van der Waals surface area contributed by atoms with Crippen LogP contribution < -0.4 is 11.1 Å². The van der Waals surface area contributed by atoms with E-state index in [0.717, 1.165) is 51.4 Å². The van der Waals surface area contributed by atoms with Crippen molar-refractivity contribution in [3.8, 4) is 0 Å². The molecule has 1 aliphatic heterocycles. The summed E-state index contributed by atoms with van der Waals surface area (Å²) in [6.07, 6.45) is 6.34. The SMILES string of the molecule is NC(=S)NC1=CC=C(CN2CCOCC2)CC1. The highest BCUT2D eigenvalue weighted by Gasteiger charge is 2.13. The number of thiocarbonyl (C=S) groups is 1. The predicted molar refractivity (Wildman–Crippen MR) is 72.6 cm³/mol.